The molecular weight excluding hydrogens is 841 g/mol. The van der Waals surface area contributed by atoms with Crippen molar-refractivity contribution in [2.24, 2.45) is 0 Å². The fraction of sp³-hybridized carbons (Fsp3) is 0.185. The van der Waals surface area contributed by atoms with Gasteiger partial charge < -0.3 is 8.83 Å². The predicted molar refractivity (Wildman–Crippen MR) is 284 cm³/mol. The first-order chi connectivity index (χ1) is 33.3. The van der Waals surface area contributed by atoms with Crippen molar-refractivity contribution in [3.8, 4) is 44.5 Å². The molecule has 0 unspecified atom stereocenters. The maximum atomic E-state index is 6.97. The van der Waals surface area contributed by atoms with Crippen molar-refractivity contribution in [3.63, 3.8) is 0 Å². The Kier molecular flexibility index (Phi) is 7.23. The van der Waals surface area contributed by atoms with Crippen LogP contribution in [0.1, 0.15) is 99.9 Å². The van der Waals surface area contributed by atoms with E-state index in [4.69, 9.17) is 13.8 Å². The van der Waals surface area contributed by atoms with E-state index in [0.29, 0.717) is 0 Å². The number of rotatable bonds is 3. The van der Waals surface area contributed by atoms with Gasteiger partial charge in [-0.2, -0.15) is 0 Å². The molecule has 0 bridgehead atoms. The lowest BCUT2D eigenvalue weighted by atomic mass is 9.72. The van der Waals surface area contributed by atoms with Crippen molar-refractivity contribution in [2.75, 3.05) is 4.90 Å². The van der Waals surface area contributed by atoms with Crippen LogP contribution in [0.4, 0.5) is 17.2 Å². The van der Waals surface area contributed by atoms with Crippen molar-refractivity contribution < 1.29 is 8.83 Å². The van der Waals surface area contributed by atoms with Crippen LogP contribution in [0.5, 0.6) is 0 Å². The third-order valence-electron chi connectivity index (χ3n) is 17.2. The van der Waals surface area contributed by atoms with E-state index < -0.39 is 0 Å². The summed E-state index contributed by atoms with van der Waals surface area (Å²) in [6.07, 6.45) is 1.91. The molecular formula is C65H50N2O2. The number of para-hydroxylation sites is 2. The lowest BCUT2D eigenvalue weighted by Gasteiger charge is -2.31. The lowest BCUT2D eigenvalue weighted by molar-refractivity contribution is 0.600. The van der Waals surface area contributed by atoms with Crippen LogP contribution < -0.4 is 4.90 Å². The van der Waals surface area contributed by atoms with Gasteiger partial charge in [-0.05, 0) is 150 Å². The summed E-state index contributed by atoms with van der Waals surface area (Å²) in [6.45, 7) is 19.3. The number of furan rings is 2. The van der Waals surface area contributed by atoms with Crippen LogP contribution in [0.25, 0.3) is 88.4 Å². The molecule has 4 aliphatic carbocycles. The van der Waals surface area contributed by atoms with Gasteiger partial charge in [0.15, 0.2) is 0 Å². The van der Waals surface area contributed by atoms with E-state index in [1.807, 2.05) is 12.3 Å². The maximum Gasteiger partial charge on any atom is 0.144 e. The number of fused-ring (bicyclic) bond motifs is 22. The molecule has 4 aliphatic rings. The molecule has 3 aromatic heterocycles. The molecule has 69 heavy (non-hydrogen) atoms. The Morgan fingerprint density at radius 3 is 1.70 bits per heavy atom. The molecule has 0 atom stereocenters. The Bertz CT molecular complexity index is 4140. The summed E-state index contributed by atoms with van der Waals surface area (Å²) in [7, 11) is 0. The minimum Gasteiger partial charge on any atom is -0.456 e. The van der Waals surface area contributed by atoms with Gasteiger partial charge in [-0.25, -0.2) is 4.98 Å². The molecule has 0 radical (unpaired) electrons. The zero-order chi connectivity index (χ0) is 46.7. The molecule has 4 nitrogen and oxygen atoms in total. The van der Waals surface area contributed by atoms with Crippen molar-refractivity contribution >= 4 is 61.1 Å². The molecule has 8 aromatic carbocycles. The van der Waals surface area contributed by atoms with E-state index in [-0.39, 0.29) is 21.7 Å². The molecule has 0 fully saturated rings. The predicted octanol–water partition coefficient (Wildman–Crippen LogP) is 17.6. The number of aromatic nitrogens is 1. The SMILES string of the molecule is CC1(C)c2cc(N(c3ccc4c(c3)C(C)(C)c3c5c(c6oc7ccccc7c6c3-4)-c3ccccc3C5(C)C)c3ccccn3)ccc2-c2cc3c(cc21)-c1c(ccc2oc4ccccc4c12)C3(C)C. The normalized spacial score (nSPS) is 16.6. The number of hydrogen-bond donors (Lipinski definition) is 0. The van der Waals surface area contributed by atoms with Gasteiger partial charge in [-0.15, -0.1) is 0 Å². The van der Waals surface area contributed by atoms with Crippen LogP contribution in [0, 0.1) is 0 Å². The zero-order valence-electron chi connectivity index (χ0n) is 40.2. The molecule has 0 saturated heterocycles. The average Bonchev–Trinajstić information content (AvgIpc) is 4.14. The lowest BCUT2D eigenvalue weighted by Crippen LogP contribution is -2.24. The minimum atomic E-state index is -0.324. The second-order valence-electron chi connectivity index (χ2n) is 22.2. The topological polar surface area (TPSA) is 42.4 Å². The molecule has 3 heterocycles. The molecule has 0 N–H and O–H groups in total. The van der Waals surface area contributed by atoms with Crippen molar-refractivity contribution in [2.45, 2.75) is 77.0 Å². The average molecular weight is 891 g/mol. The van der Waals surface area contributed by atoms with Gasteiger partial charge in [-0.1, -0.05) is 140 Å². The van der Waals surface area contributed by atoms with Crippen LogP contribution in [0.2, 0.25) is 0 Å². The number of anilines is 3. The van der Waals surface area contributed by atoms with Gasteiger partial charge in [0.05, 0.1) is 0 Å². The van der Waals surface area contributed by atoms with Crippen LogP contribution in [-0.2, 0) is 21.7 Å². The van der Waals surface area contributed by atoms with Crippen molar-refractivity contribution in [1.29, 1.82) is 0 Å². The highest BCUT2D eigenvalue weighted by molar-refractivity contribution is 6.21. The largest absolute Gasteiger partial charge is 0.456 e. The van der Waals surface area contributed by atoms with Crippen molar-refractivity contribution in [1.82, 2.24) is 4.98 Å². The fourth-order valence-corrected chi connectivity index (χ4v) is 14.0. The summed E-state index contributed by atoms with van der Waals surface area (Å²) < 4.78 is 13.4. The van der Waals surface area contributed by atoms with Crippen LogP contribution in [0.15, 0.2) is 167 Å². The Labute approximate surface area is 401 Å². The Balaban J connectivity index is 0.907. The molecule has 15 rings (SSSR count). The van der Waals surface area contributed by atoms with Gasteiger partial charge in [0.2, 0.25) is 0 Å². The van der Waals surface area contributed by atoms with Gasteiger partial charge >= 0.3 is 0 Å². The second kappa shape index (κ2) is 12.7. The molecule has 0 aliphatic heterocycles. The van der Waals surface area contributed by atoms with E-state index in [2.05, 4.69) is 206 Å². The number of hydrogen-bond acceptors (Lipinski definition) is 4. The molecule has 11 aromatic rings. The van der Waals surface area contributed by atoms with E-state index in [9.17, 15) is 0 Å². The van der Waals surface area contributed by atoms with E-state index in [1.54, 1.807) is 0 Å². The van der Waals surface area contributed by atoms with E-state index in [1.165, 1.54) is 111 Å². The maximum absolute atomic E-state index is 6.97. The summed E-state index contributed by atoms with van der Waals surface area (Å²) in [5.41, 5.74) is 26.2. The number of nitrogens with zero attached hydrogens (tertiary/aromatic N) is 2. The first-order valence-electron chi connectivity index (χ1n) is 24.5. The van der Waals surface area contributed by atoms with Crippen molar-refractivity contribution in [3.05, 3.63) is 202 Å². The number of benzene rings is 8. The summed E-state index contributed by atoms with van der Waals surface area (Å²) in [5, 5.41) is 4.78. The number of pyridine rings is 1. The highest BCUT2D eigenvalue weighted by atomic mass is 16.3. The van der Waals surface area contributed by atoms with Gasteiger partial charge in [0, 0.05) is 66.3 Å². The quantitative estimate of drug-likeness (QED) is 0.177. The molecule has 0 amide bonds. The summed E-state index contributed by atoms with van der Waals surface area (Å²) in [5.74, 6) is 0.883. The summed E-state index contributed by atoms with van der Waals surface area (Å²) in [6, 6.07) is 56.1. The third-order valence-corrected chi connectivity index (χ3v) is 17.2. The Morgan fingerprint density at radius 2 is 0.942 bits per heavy atom. The van der Waals surface area contributed by atoms with Crippen LogP contribution in [-0.4, -0.2) is 4.98 Å². The monoisotopic (exact) mass is 890 g/mol. The molecule has 332 valence electrons. The third kappa shape index (κ3) is 4.73. The Hall–Kier alpha value is -7.69. The van der Waals surface area contributed by atoms with Crippen LogP contribution >= 0.6 is 0 Å². The standard InChI is InChI=1S/C65H50N2O2/c1-62(2)45-28-29-52-55(40-18-10-13-21-50(40)68-52)54(45)43-34-48-42(33-49(43)62)37-26-24-35(31-46(37)63(48,3)4)67(53-23-15-16-30-66-53)36-25-27-39-47(32-36)65(7,8)59-56(39)57-41-19-11-14-22-51(41)69-61(57)58-38-17-9-12-20-44(38)64(5,6)60(58)59/h9-34H,1-8H3. The summed E-state index contributed by atoms with van der Waals surface area (Å²) in [4.78, 5) is 7.42. The van der Waals surface area contributed by atoms with Gasteiger partial charge in [-0.3, -0.25) is 4.90 Å². The molecule has 4 heteroatoms. The van der Waals surface area contributed by atoms with Gasteiger partial charge in [0.25, 0.3) is 0 Å². The van der Waals surface area contributed by atoms with E-state index in [0.717, 1.165) is 39.5 Å². The van der Waals surface area contributed by atoms with E-state index >= 15 is 0 Å². The highest BCUT2D eigenvalue weighted by Crippen LogP contribution is 2.64. The first-order valence-corrected chi connectivity index (χ1v) is 24.5. The molecule has 0 spiro atoms. The van der Waals surface area contributed by atoms with Gasteiger partial charge in [0.1, 0.15) is 28.1 Å². The fourth-order valence-electron chi connectivity index (χ4n) is 14.0. The second-order valence-corrected chi connectivity index (χ2v) is 22.2. The summed E-state index contributed by atoms with van der Waals surface area (Å²) >= 11 is 0. The highest BCUT2D eigenvalue weighted by Gasteiger charge is 2.49. The first kappa shape index (κ1) is 39.3. The van der Waals surface area contributed by atoms with Crippen LogP contribution in [0.3, 0.4) is 0 Å². The Morgan fingerprint density at radius 1 is 0.377 bits per heavy atom. The minimum absolute atomic E-state index is 0.174. The smallest absolute Gasteiger partial charge is 0.144 e. The zero-order valence-corrected chi connectivity index (χ0v) is 40.2. The molecule has 0 saturated carbocycles.